The maximum Gasteiger partial charge on any atom is 0.323 e. The van der Waals surface area contributed by atoms with E-state index in [1.807, 2.05) is 19.6 Å². The third-order valence-electron chi connectivity index (χ3n) is 4.27. The van der Waals surface area contributed by atoms with Crippen LogP contribution in [0.1, 0.15) is 0 Å². The zero-order valence-corrected chi connectivity index (χ0v) is 33.4. The predicted molar refractivity (Wildman–Crippen MR) is 172 cm³/mol. The molecule has 222 valence electrons. The van der Waals surface area contributed by atoms with E-state index >= 15 is 0 Å². The van der Waals surface area contributed by atoms with Crippen molar-refractivity contribution < 1.29 is 31.4 Å². The van der Waals surface area contributed by atoms with Crippen LogP contribution in [0.15, 0.2) is 0 Å². The Morgan fingerprint density at radius 1 is 0.486 bits per heavy atom. The van der Waals surface area contributed by atoms with Crippen LogP contribution in [0.25, 0.3) is 0 Å². The molecule has 0 rings (SSSR count). The van der Waals surface area contributed by atoms with Crippen molar-refractivity contribution in [2.75, 3.05) is 6.61 Å². The summed E-state index contributed by atoms with van der Waals surface area (Å²) >= 11 is 0. The van der Waals surface area contributed by atoms with Crippen LogP contribution in [0.4, 0.5) is 0 Å². The molecule has 7 nitrogen and oxygen atoms in total. The summed E-state index contributed by atoms with van der Waals surface area (Å²) in [5.41, 5.74) is 0. The van der Waals surface area contributed by atoms with Gasteiger partial charge in [-0.05, 0) is 118 Å². The van der Waals surface area contributed by atoms with E-state index in [1.54, 1.807) is 0 Å². The Balaban J connectivity index is 7.03. The fourth-order valence-electron chi connectivity index (χ4n) is 3.44. The molecule has 0 N–H and O–H groups in total. The molecule has 4 unspecified atom stereocenters. The van der Waals surface area contributed by atoms with Gasteiger partial charge in [-0.1, -0.05) is 0 Å². The average molecular weight is 629 g/mol. The highest BCUT2D eigenvalue weighted by Gasteiger charge is 2.48. The second-order valence-electron chi connectivity index (χ2n) is 15.8. The summed E-state index contributed by atoms with van der Waals surface area (Å²) in [5.74, 6) is -0.355. The molecule has 37 heavy (non-hydrogen) atoms. The lowest BCUT2D eigenvalue weighted by Gasteiger charge is -2.45. The zero-order valence-electron chi connectivity index (χ0n) is 27.4. The molecule has 0 aromatic heterocycles. The highest BCUT2D eigenvalue weighted by atomic mass is 28.4. The molecule has 0 heterocycles. The Kier molecular flexibility index (Phi) is 13.7. The lowest BCUT2D eigenvalue weighted by atomic mass is 10.0. The second-order valence-corrected chi connectivity index (χ2v) is 42.6. The molecule has 0 radical (unpaired) electrons. The molecule has 0 amide bonds. The SMILES string of the molecule is C[Si](C)(C)OCC(O[Si](C)(C)C)C(O[Si](C)(C)C)C(O[Si](C)(C)C)C(O[Si](C)(C)C)C(=O)O[Si](C)(C)C. The normalized spacial score (nSPS) is 17.8. The molecular weight excluding hydrogens is 569 g/mol. The minimum atomic E-state index is -2.18. The standard InChI is InChI=1S/C24H60O7Si6/c1-32(2,3)26-19-20(27-33(4,5)6)21(28-34(7,8)9)22(29-35(10,11)12)23(30-36(13,14)15)24(25)31-37(16,17)18/h20-23H,19H2,1-18H3. The van der Waals surface area contributed by atoms with Crippen molar-refractivity contribution in [2.24, 2.45) is 0 Å². The fourth-order valence-corrected chi connectivity index (χ4v) is 9.11. The Morgan fingerprint density at radius 2 is 0.865 bits per heavy atom. The Morgan fingerprint density at radius 3 is 1.19 bits per heavy atom. The molecule has 4 atom stereocenters. The third-order valence-corrected chi connectivity index (χ3v) is 10.0. The molecule has 0 aliphatic heterocycles. The summed E-state index contributed by atoms with van der Waals surface area (Å²) in [6, 6.07) is 0. The second kappa shape index (κ2) is 13.5. The van der Waals surface area contributed by atoms with Crippen molar-refractivity contribution in [3.05, 3.63) is 0 Å². The molecule has 0 spiro atoms. The van der Waals surface area contributed by atoms with Crippen molar-refractivity contribution >= 4 is 55.9 Å². The van der Waals surface area contributed by atoms with E-state index in [2.05, 4.69) is 98.2 Å². The van der Waals surface area contributed by atoms with Gasteiger partial charge in [-0.3, -0.25) is 4.79 Å². The van der Waals surface area contributed by atoms with Crippen molar-refractivity contribution in [3.8, 4) is 0 Å². The van der Waals surface area contributed by atoms with Gasteiger partial charge in [0.15, 0.2) is 47.7 Å². The minimum Gasteiger partial charge on any atom is -0.518 e. The lowest BCUT2D eigenvalue weighted by molar-refractivity contribution is -0.155. The molecular formula is C24H60O7Si6. The van der Waals surface area contributed by atoms with Crippen molar-refractivity contribution in [1.29, 1.82) is 0 Å². The molecule has 0 bridgehead atoms. The van der Waals surface area contributed by atoms with Crippen LogP contribution in [0.5, 0.6) is 0 Å². The molecule has 0 aliphatic rings. The van der Waals surface area contributed by atoms with Crippen LogP contribution < -0.4 is 0 Å². The first-order valence-corrected chi connectivity index (χ1v) is 34.0. The topological polar surface area (TPSA) is 72.5 Å². The molecule has 0 aliphatic carbocycles. The summed E-state index contributed by atoms with van der Waals surface area (Å²) in [7, 11) is -12.5. The van der Waals surface area contributed by atoms with Gasteiger partial charge >= 0.3 is 5.97 Å². The largest absolute Gasteiger partial charge is 0.518 e. The molecule has 13 heteroatoms. The van der Waals surface area contributed by atoms with Gasteiger partial charge in [-0.15, -0.1) is 0 Å². The van der Waals surface area contributed by atoms with Gasteiger partial charge in [0.05, 0.1) is 12.7 Å². The zero-order chi connectivity index (χ0) is 29.8. The van der Waals surface area contributed by atoms with Crippen molar-refractivity contribution in [2.45, 2.75) is 142 Å². The number of carbonyl (C=O) groups is 1. The summed E-state index contributed by atoms with van der Waals surface area (Å²) < 4.78 is 39.6. The number of carbonyl (C=O) groups excluding carboxylic acids is 1. The van der Waals surface area contributed by atoms with Crippen LogP contribution in [0, 0.1) is 0 Å². The van der Waals surface area contributed by atoms with E-state index in [-0.39, 0.29) is 12.1 Å². The predicted octanol–water partition coefficient (Wildman–Crippen LogP) is 7.10. The monoisotopic (exact) mass is 628 g/mol. The van der Waals surface area contributed by atoms with E-state index in [9.17, 15) is 4.79 Å². The van der Waals surface area contributed by atoms with Crippen molar-refractivity contribution in [1.82, 2.24) is 0 Å². The van der Waals surface area contributed by atoms with Gasteiger partial charge < -0.3 is 26.6 Å². The molecule has 0 saturated carbocycles. The fraction of sp³-hybridized carbons (Fsp3) is 0.958. The maximum absolute atomic E-state index is 13.8. The number of hydrogen-bond donors (Lipinski definition) is 0. The van der Waals surface area contributed by atoms with Crippen LogP contribution in [-0.4, -0.2) is 86.9 Å². The van der Waals surface area contributed by atoms with Crippen LogP contribution >= 0.6 is 0 Å². The van der Waals surface area contributed by atoms with Crippen LogP contribution in [0.2, 0.25) is 118 Å². The van der Waals surface area contributed by atoms with E-state index in [0.717, 1.165) is 0 Å². The van der Waals surface area contributed by atoms with E-state index in [4.69, 9.17) is 26.6 Å². The van der Waals surface area contributed by atoms with Gasteiger partial charge in [0.25, 0.3) is 0 Å². The number of rotatable bonds is 16. The minimum absolute atomic E-state index is 0.355. The van der Waals surface area contributed by atoms with Crippen LogP contribution in [-0.2, 0) is 31.4 Å². The Bertz CT molecular complexity index is 710. The van der Waals surface area contributed by atoms with E-state index in [1.165, 1.54) is 0 Å². The Labute approximate surface area is 235 Å². The number of hydrogen-bond acceptors (Lipinski definition) is 7. The quantitative estimate of drug-likeness (QED) is 0.169. The maximum atomic E-state index is 13.8. The summed E-state index contributed by atoms with van der Waals surface area (Å²) in [6.07, 6.45) is -2.48. The van der Waals surface area contributed by atoms with Gasteiger partial charge in [0.1, 0.15) is 12.2 Å². The molecule has 0 aromatic rings. The van der Waals surface area contributed by atoms with Gasteiger partial charge in [-0.25, -0.2) is 0 Å². The third kappa shape index (κ3) is 19.3. The molecule has 0 aromatic carbocycles. The van der Waals surface area contributed by atoms with E-state index < -0.39 is 68.2 Å². The highest BCUT2D eigenvalue weighted by Crippen LogP contribution is 2.29. The van der Waals surface area contributed by atoms with Gasteiger partial charge in [0, 0.05) is 0 Å². The van der Waals surface area contributed by atoms with Gasteiger partial charge in [0.2, 0.25) is 8.32 Å². The van der Waals surface area contributed by atoms with Crippen LogP contribution in [0.3, 0.4) is 0 Å². The first-order chi connectivity index (χ1) is 16.0. The molecule has 0 saturated heterocycles. The van der Waals surface area contributed by atoms with Crippen molar-refractivity contribution in [3.63, 3.8) is 0 Å². The highest BCUT2D eigenvalue weighted by molar-refractivity contribution is 6.72. The molecule has 0 fully saturated rings. The summed E-state index contributed by atoms with van der Waals surface area (Å²) in [6.45, 7) is 38.6. The first kappa shape index (κ1) is 37.6. The lowest BCUT2D eigenvalue weighted by Crippen LogP contribution is -2.61. The summed E-state index contributed by atoms with van der Waals surface area (Å²) in [5, 5.41) is 0. The first-order valence-electron chi connectivity index (χ1n) is 13.6. The Hall–Kier alpha value is 0.571. The summed E-state index contributed by atoms with van der Waals surface area (Å²) in [4.78, 5) is 13.8. The smallest absolute Gasteiger partial charge is 0.323 e. The average Bonchev–Trinajstić information content (AvgIpc) is 2.54. The van der Waals surface area contributed by atoms with Gasteiger partial charge in [-0.2, -0.15) is 0 Å². The van der Waals surface area contributed by atoms with E-state index in [0.29, 0.717) is 6.61 Å².